The van der Waals surface area contributed by atoms with Crippen molar-refractivity contribution >= 4 is 11.9 Å². The largest absolute Gasteiger partial charge is 0.415 e. The molecule has 0 aliphatic carbocycles. The van der Waals surface area contributed by atoms with E-state index in [0.29, 0.717) is 11.3 Å². The molecule has 0 aliphatic heterocycles. The van der Waals surface area contributed by atoms with Gasteiger partial charge in [-0.1, -0.05) is 42.0 Å². The standard InChI is InChI=1S/C18H19NO3/c1-13-8-7-9-15(12-13)17(20)14(2)19(3)18(21)22-16-10-5-4-6-11-16/h4-12,14H,1-3H3. The molecule has 0 saturated carbocycles. The summed E-state index contributed by atoms with van der Waals surface area (Å²) in [5.74, 6) is 0.339. The molecule has 4 heteroatoms. The number of ether oxygens (including phenoxy) is 1. The van der Waals surface area contributed by atoms with E-state index in [0.717, 1.165) is 5.56 Å². The lowest BCUT2D eigenvalue weighted by Crippen LogP contribution is -2.41. The van der Waals surface area contributed by atoms with Crippen LogP contribution in [0.2, 0.25) is 0 Å². The Hall–Kier alpha value is -2.62. The van der Waals surface area contributed by atoms with Crippen LogP contribution in [-0.2, 0) is 0 Å². The van der Waals surface area contributed by atoms with E-state index in [9.17, 15) is 9.59 Å². The fourth-order valence-corrected chi connectivity index (χ4v) is 2.03. The SMILES string of the molecule is Cc1cccc(C(=O)C(C)N(C)C(=O)Oc2ccccc2)c1. The van der Waals surface area contributed by atoms with Gasteiger partial charge in [-0.05, 0) is 32.0 Å². The van der Waals surface area contributed by atoms with Gasteiger partial charge in [0.25, 0.3) is 0 Å². The zero-order valence-electron chi connectivity index (χ0n) is 12.9. The second-order valence-corrected chi connectivity index (χ2v) is 5.20. The maximum absolute atomic E-state index is 12.4. The Labute approximate surface area is 130 Å². The molecule has 0 heterocycles. The van der Waals surface area contributed by atoms with Crippen LogP contribution in [-0.4, -0.2) is 29.9 Å². The summed E-state index contributed by atoms with van der Waals surface area (Å²) in [4.78, 5) is 25.9. The van der Waals surface area contributed by atoms with Crippen molar-refractivity contribution in [1.82, 2.24) is 4.90 Å². The molecule has 1 amide bonds. The van der Waals surface area contributed by atoms with Crippen LogP contribution in [0.15, 0.2) is 54.6 Å². The van der Waals surface area contributed by atoms with Crippen molar-refractivity contribution in [2.24, 2.45) is 0 Å². The van der Waals surface area contributed by atoms with E-state index < -0.39 is 12.1 Å². The highest BCUT2D eigenvalue weighted by molar-refractivity contribution is 6.01. The number of hydrogen-bond donors (Lipinski definition) is 0. The summed E-state index contributed by atoms with van der Waals surface area (Å²) >= 11 is 0. The van der Waals surface area contributed by atoms with Crippen LogP contribution in [0.5, 0.6) is 5.75 Å². The fraction of sp³-hybridized carbons (Fsp3) is 0.222. The van der Waals surface area contributed by atoms with Crippen molar-refractivity contribution in [2.45, 2.75) is 19.9 Å². The van der Waals surface area contributed by atoms with E-state index in [1.807, 2.05) is 31.2 Å². The predicted molar refractivity (Wildman–Crippen MR) is 85.2 cm³/mol. The van der Waals surface area contributed by atoms with Crippen molar-refractivity contribution in [1.29, 1.82) is 0 Å². The van der Waals surface area contributed by atoms with Gasteiger partial charge in [0.15, 0.2) is 5.78 Å². The van der Waals surface area contributed by atoms with E-state index in [4.69, 9.17) is 4.74 Å². The molecule has 2 aromatic carbocycles. The Morgan fingerprint density at radius 1 is 1.05 bits per heavy atom. The Bertz CT molecular complexity index is 667. The maximum atomic E-state index is 12.4. The minimum absolute atomic E-state index is 0.115. The normalized spacial score (nSPS) is 11.6. The molecule has 0 saturated heterocycles. The first kappa shape index (κ1) is 15.8. The van der Waals surface area contributed by atoms with Gasteiger partial charge in [-0.15, -0.1) is 0 Å². The number of rotatable bonds is 4. The van der Waals surface area contributed by atoms with Crippen LogP contribution in [0.25, 0.3) is 0 Å². The molecule has 0 bridgehead atoms. The summed E-state index contributed by atoms with van der Waals surface area (Å²) in [5.41, 5.74) is 1.60. The van der Waals surface area contributed by atoms with E-state index in [-0.39, 0.29) is 5.78 Å². The molecule has 0 aromatic heterocycles. The molecule has 2 aromatic rings. The highest BCUT2D eigenvalue weighted by Gasteiger charge is 2.24. The maximum Gasteiger partial charge on any atom is 0.415 e. The number of carbonyl (C=O) groups is 2. The van der Waals surface area contributed by atoms with Gasteiger partial charge >= 0.3 is 6.09 Å². The number of aryl methyl sites for hydroxylation is 1. The summed E-state index contributed by atoms with van der Waals surface area (Å²) in [6.45, 7) is 3.62. The fourth-order valence-electron chi connectivity index (χ4n) is 2.03. The molecule has 4 nitrogen and oxygen atoms in total. The average molecular weight is 297 g/mol. The average Bonchev–Trinajstić information content (AvgIpc) is 2.53. The first-order valence-electron chi connectivity index (χ1n) is 7.09. The van der Waals surface area contributed by atoms with E-state index in [2.05, 4.69) is 0 Å². The van der Waals surface area contributed by atoms with Gasteiger partial charge in [0, 0.05) is 12.6 Å². The number of para-hydroxylation sites is 1. The zero-order valence-corrected chi connectivity index (χ0v) is 12.9. The van der Waals surface area contributed by atoms with Crippen molar-refractivity contribution in [3.8, 4) is 5.75 Å². The quantitative estimate of drug-likeness (QED) is 0.808. The van der Waals surface area contributed by atoms with Crippen molar-refractivity contribution in [2.75, 3.05) is 7.05 Å². The van der Waals surface area contributed by atoms with E-state index in [1.165, 1.54) is 4.90 Å². The molecule has 2 rings (SSSR count). The van der Waals surface area contributed by atoms with Gasteiger partial charge in [0.05, 0.1) is 6.04 Å². The van der Waals surface area contributed by atoms with Gasteiger partial charge in [-0.3, -0.25) is 4.79 Å². The second kappa shape index (κ2) is 6.89. The number of likely N-dealkylation sites (N-methyl/N-ethyl adjacent to an activating group) is 1. The molecule has 0 radical (unpaired) electrons. The van der Waals surface area contributed by atoms with E-state index >= 15 is 0 Å². The Balaban J connectivity index is 2.06. The van der Waals surface area contributed by atoms with Crippen LogP contribution in [0.3, 0.4) is 0 Å². The van der Waals surface area contributed by atoms with Crippen molar-refractivity contribution in [3.63, 3.8) is 0 Å². The summed E-state index contributed by atoms with van der Waals surface area (Å²) in [5, 5.41) is 0. The predicted octanol–water partition coefficient (Wildman–Crippen LogP) is 3.70. The third kappa shape index (κ3) is 3.73. The Kier molecular flexibility index (Phi) is 4.94. The third-order valence-electron chi connectivity index (χ3n) is 3.50. The molecule has 0 aliphatic rings. The van der Waals surface area contributed by atoms with Gasteiger partial charge in [0.1, 0.15) is 5.75 Å². The monoisotopic (exact) mass is 297 g/mol. The second-order valence-electron chi connectivity index (χ2n) is 5.20. The first-order chi connectivity index (χ1) is 10.5. The molecule has 0 spiro atoms. The molecule has 1 unspecified atom stereocenters. The first-order valence-corrected chi connectivity index (χ1v) is 7.09. The van der Waals surface area contributed by atoms with Crippen LogP contribution in [0, 0.1) is 6.92 Å². The molecule has 1 atom stereocenters. The molecular weight excluding hydrogens is 278 g/mol. The lowest BCUT2D eigenvalue weighted by atomic mass is 10.0. The van der Waals surface area contributed by atoms with Crippen molar-refractivity contribution in [3.05, 3.63) is 65.7 Å². The summed E-state index contributed by atoms with van der Waals surface area (Å²) in [6, 6.07) is 15.5. The van der Waals surface area contributed by atoms with Crippen LogP contribution < -0.4 is 4.74 Å². The van der Waals surface area contributed by atoms with Crippen LogP contribution in [0.4, 0.5) is 4.79 Å². The number of amides is 1. The molecule has 114 valence electrons. The highest BCUT2D eigenvalue weighted by Crippen LogP contribution is 2.14. The lowest BCUT2D eigenvalue weighted by molar-refractivity contribution is 0.0854. The van der Waals surface area contributed by atoms with E-state index in [1.54, 1.807) is 44.3 Å². The number of ketones is 1. The molecular formula is C18H19NO3. The van der Waals surface area contributed by atoms with Gasteiger partial charge in [-0.25, -0.2) is 4.79 Å². The minimum Gasteiger partial charge on any atom is -0.410 e. The van der Waals surface area contributed by atoms with Crippen LogP contribution in [0.1, 0.15) is 22.8 Å². The summed E-state index contributed by atoms with van der Waals surface area (Å²) in [6.07, 6.45) is -0.556. The number of nitrogens with zero attached hydrogens (tertiary/aromatic N) is 1. The Morgan fingerprint density at radius 2 is 1.73 bits per heavy atom. The summed E-state index contributed by atoms with van der Waals surface area (Å²) < 4.78 is 5.24. The van der Waals surface area contributed by atoms with Gasteiger partial charge < -0.3 is 9.64 Å². The number of benzene rings is 2. The smallest absolute Gasteiger partial charge is 0.410 e. The van der Waals surface area contributed by atoms with Gasteiger partial charge in [-0.2, -0.15) is 0 Å². The third-order valence-corrected chi connectivity index (χ3v) is 3.50. The number of carbonyl (C=O) groups excluding carboxylic acids is 2. The lowest BCUT2D eigenvalue weighted by Gasteiger charge is -2.23. The number of Topliss-reactive ketones (excluding diaryl/α,β-unsaturated/α-hetero) is 1. The van der Waals surface area contributed by atoms with Crippen molar-refractivity contribution < 1.29 is 14.3 Å². The molecule has 0 N–H and O–H groups in total. The highest BCUT2D eigenvalue weighted by atomic mass is 16.6. The van der Waals surface area contributed by atoms with Crippen LogP contribution >= 0.6 is 0 Å². The minimum atomic E-state index is -0.599. The summed E-state index contributed by atoms with van der Waals surface area (Å²) in [7, 11) is 1.56. The number of hydrogen-bond acceptors (Lipinski definition) is 3. The Morgan fingerprint density at radius 3 is 2.36 bits per heavy atom. The molecule has 0 fully saturated rings. The molecule has 22 heavy (non-hydrogen) atoms. The van der Waals surface area contributed by atoms with Gasteiger partial charge in [0.2, 0.25) is 0 Å². The topological polar surface area (TPSA) is 46.6 Å². The zero-order chi connectivity index (χ0) is 16.1.